The first-order valence-corrected chi connectivity index (χ1v) is 9.88. The highest BCUT2D eigenvalue weighted by Gasteiger charge is 2.24. The first-order valence-electron chi connectivity index (χ1n) is 9.88. The predicted molar refractivity (Wildman–Crippen MR) is 96.2 cm³/mol. The van der Waals surface area contributed by atoms with E-state index in [-0.39, 0.29) is 5.82 Å². The summed E-state index contributed by atoms with van der Waals surface area (Å²) in [6.07, 6.45) is 14.2. The van der Waals surface area contributed by atoms with E-state index in [0.717, 1.165) is 23.3 Å². The van der Waals surface area contributed by atoms with E-state index in [1.54, 1.807) is 6.07 Å². The molecule has 0 atom stereocenters. The summed E-state index contributed by atoms with van der Waals surface area (Å²) >= 11 is 0. The topological polar surface area (TPSA) is 0 Å². The highest BCUT2D eigenvalue weighted by molar-refractivity contribution is 5.27. The summed E-state index contributed by atoms with van der Waals surface area (Å²) in [6.45, 7) is 4.30. The van der Waals surface area contributed by atoms with Crippen LogP contribution in [0.25, 0.3) is 0 Å². The van der Waals surface area contributed by atoms with E-state index >= 15 is 0 Å². The van der Waals surface area contributed by atoms with Gasteiger partial charge < -0.3 is 0 Å². The van der Waals surface area contributed by atoms with Crippen LogP contribution in [0.3, 0.4) is 0 Å². The largest absolute Gasteiger partial charge is 0.207 e. The molecule has 23 heavy (non-hydrogen) atoms. The second-order valence-corrected chi connectivity index (χ2v) is 8.43. The van der Waals surface area contributed by atoms with Crippen molar-refractivity contribution >= 4 is 0 Å². The Labute approximate surface area is 141 Å². The summed E-state index contributed by atoms with van der Waals surface area (Å²) in [5, 5.41) is 0. The third kappa shape index (κ3) is 4.58. The van der Waals surface area contributed by atoms with E-state index in [1.165, 1.54) is 69.8 Å². The first-order chi connectivity index (χ1) is 11.1. The van der Waals surface area contributed by atoms with Gasteiger partial charge in [0.05, 0.1) is 0 Å². The minimum Gasteiger partial charge on any atom is -0.207 e. The Balaban J connectivity index is 1.42. The van der Waals surface area contributed by atoms with Crippen molar-refractivity contribution in [3.8, 4) is 0 Å². The molecule has 0 radical (unpaired) electrons. The Morgan fingerprint density at radius 1 is 0.870 bits per heavy atom. The molecule has 0 unspecified atom stereocenters. The Hall–Kier alpha value is -0.850. The van der Waals surface area contributed by atoms with Crippen LogP contribution in [-0.4, -0.2) is 0 Å². The lowest BCUT2D eigenvalue weighted by Crippen LogP contribution is -2.17. The van der Waals surface area contributed by atoms with Gasteiger partial charge in [-0.2, -0.15) is 0 Å². The molecule has 1 heteroatoms. The smallest absolute Gasteiger partial charge is 0.126 e. The van der Waals surface area contributed by atoms with Crippen molar-refractivity contribution in [2.75, 3.05) is 0 Å². The van der Waals surface area contributed by atoms with Gasteiger partial charge in [0.1, 0.15) is 5.82 Å². The van der Waals surface area contributed by atoms with Gasteiger partial charge in [0.25, 0.3) is 0 Å². The third-order valence-corrected chi connectivity index (χ3v) is 6.62. The maximum Gasteiger partial charge on any atom is 0.126 e. The van der Waals surface area contributed by atoms with Crippen LogP contribution in [-0.2, 0) is 0 Å². The highest BCUT2D eigenvalue weighted by Crippen LogP contribution is 2.39. The molecule has 3 rings (SSSR count). The molecule has 0 saturated heterocycles. The SMILES string of the molecule is Cc1cc(C2CCC(CCC3CCC(C)CC3)CC2)ccc1F. The van der Waals surface area contributed by atoms with Crippen LogP contribution in [0.4, 0.5) is 4.39 Å². The molecule has 0 N–H and O–H groups in total. The fourth-order valence-corrected chi connectivity index (χ4v) is 4.80. The summed E-state index contributed by atoms with van der Waals surface area (Å²) in [5.74, 6) is 3.54. The summed E-state index contributed by atoms with van der Waals surface area (Å²) in [7, 11) is 0. The maximum atomic E-state index is 13.4. The Bertz CT molecular complexity index is 491. The zero-order chi connectivity index (χ0) is 16.2. The monoisotopic (exact) mass is 316 g/mol. The van der Waals surface area contributed by atoms with E-state index in [1.807, 2.05) is 13.0 Å². The summed E-state index contributed by atoms with van der Waals surface area (Å²) < 4.78 is 13.4. The molecular weight excluding hydrogens is 283 g/mol. The van der Waals surface area contributed by atoms with Crippen molar-refractivity contribution in [1.29, 1.82) is 0 Å². The lowest BCUT2D eigenvalue weighted by Gasteiger charge is -2.31. The highest BCUT2D eigenvalue weighted by atomic mass is 19.1. The Kier molecular flexibility index (Phi) is 5.77. The second-order valence-electron chi connectivity index (χ2n) is 8.43. The van der Waals surface area contributed by atoms with Crippen LogP contribution in [0.5, 0.6) is 0 Å². The standard InChI is InChI=1S/C22H33F/c1-16-3-5-18(6-4-16)7-8-19-9-11-20(12-10-19)21-13-14-22(23)17(2)15-21/h13-16,18-20H,3-12H2,1-2H3. The number of aryl methyl sites for hydroxylation is 1. The van der Waals surface area contributed by atoms with Crippen LogP contribution in [0, 0.1) is 30.5 Å². The molecule has 2 saturated carbocycles. The molecule has 0 aromatic heterocycles. The number of hydrogen-bond donors (Lipinski definition) is 0. The van der Waals surface area contributed by atoms with Gasteiger partial charge in [-0.3, -0.25) is 0 Å². The van der Waals surface area contributed by atoms with Gasteiger partial charge in [-0.25, -0.2) is 4.39 Å². The average molecular weight is 317 g/mol. The Morgan fingerprint density at radius 2 is 1.43 bits per heavy atom. The van der Waals surface area contributed by atoms with Gasteiger partial charge in [0, 0.05) is 0 Å². The number of benzene rings is 1. The summed E-state index contributed by atoms with van der Waals surface area (Å²) in [5.41, 5.74) is 2.17. The normalized spacial score (nSPS) is 32.0. The minimum atomic E-state index is -0.0655. The second kappa shape index (κ2) is 7.81. The fraction of sp³-hybridized carbons (Fsp3) is 0.727. The number of hydrogen-bond acceptors (Lipinski definition) is 0. The van der Waals surface area contributed by atoms with Crippen molar-refractivity contribution in [3.63, 3.8) is 0 Å². The molecule has 1 aromatic rings. The lowest BCUT2D eigenvalue weighted by molar-refractivity contribution is 0.237. The van der Waals surface area contributed by atoms with Crippen LogP contribution in [0.15, 0.2) is 18.2 Å². The lowest BCUT2D eigenvalue weighted by atomic mass is 9.74. The molecule has 1 aromatic carbocycles. The van der Waals surface area contributed by atoms with Gasteiger partial charge in [-0.1, -0.05) is 57.6 Å². The molecular formula is C22H33F. The van der Waals surface area contributed by atoms with Gasteiger partial charge >= 0.3 is 0 Å². The quantitative estimate of drug-likeness (QED) is 0.560. The van der Waals surface area contributed by atoms with Gasteiger partial charge in [-0.15, -0.1) is 0 Å². The summed E-state index contributed by atoms with van der Waals surface area (Å²) in [4.78, 5) is 0. The zero-order valence-corrected chi connectivity index (χ0v) is 15.0. The van der Waals surface area contributed by atoms with Crippen LogP contribution < -0.4 is 0 Å². The molecule has 0 nitrogen and oxygen atoms in total. The van der Waals surface area contributed by atoms with E-state index in [4.69, 9.17) is 0 Å². The molecule has 2 aliphatic carbocycles. The van der Waals surface area contributed by atoms with E-state index in [2.05, 4.69) is 13.0 Å². The number of rotatable bonds is 4. The molecule has 0 aliphatic heterocycles. The first kappa shape index (κ1) is 17.0. The molecule has 2 aliphatic rings. The molecule has 128 valence electrons. The van der Waals surface area contributed by atoms with Crippen molar-refractivity contribution in [2.24, 2.45) is 17.8 Å². The van der Waals surface area contributed by atoms with Gasteiger partial charge in [-0.05, 0) is 73.5 Å². The molecule has 0 bridgehead atoms. The Morgan fingerprint density at radius 3 is 2.00 bits per heavy atom. The van der Waals surface area contributed by atoms with E-state index < -0.39 is 0 Å². The van der Waals surface area contributed by atoms with Crippen molar-refractivity contribution in [3.05, 3.63) is 35.1 Å². The van der Waals surface area contributed by atoms with Crippen LogP contribution >= 0.6 is 0 Å². The zero-order valence-electron chi connectivity index (χ0n) is 15.0. The van der Waals surface area contributed by atoms with Crippen molar-refractivity contribution in [1.82, 2.24) is 0 Å². The molecule has 0 amide bonds. The molecule has 2 fully saturated rings. The van der Waals surface area contributed by atoms with Gasteiger partial charge in [0.2, 0.25) is 0 Å². The minimum absolute atomic E-state index is 0.0655. The fourth-order valence-electron chi connectivity index (χ4n) is 4.80. The van der Waals surface area contributed by atoms with Gasteiger partial charge in [0.15, 0.2) is 0 Å². The average Bonchev–Trinajstić information content (AvgIpc) is 2.57. The van der Waals surface area contributed by atoms with Crippen LogP contribution in [0.1, 0.15) is 88.2 Å². The van der Waals surface area contributed by atoms with Crippen molar-refractivity contribution in [2.45, 2.75) is 84.0 Å². The summed E-state index contributed by atoms with van der Waals surface area (Å²) in [6, 6.07) is 5.74. The van der Waals surface area contributed by atoms with Crippen LogP contribution in [0.2, 0.25) is 0 Å². The third-order valence-electron chi connectivity index (χ3n) is 6.62. The van der Waals surface area contributed by atoms with E-state index in [0.29, 0.717) is 5.92 Å². The van der Waals surface area contributed by atoms with E-state index in [9.17, 15) is 4.39 Å². The maximum absolute atomic E-state index is 13.4. The predicted octanol–water partition coefficient (Wildman–Crippen LogP) is 7.01. The number of halogens is 1. The van der Waals surface area contributed by atoms with Crippen molar-refractivity contribution < 1.29 is 4.39 Å². The molecule has 0 spiro atoms. The molecule has 0 heterocycles.